The minimum absolute atomic E-state index is 0.512. The van der Waals surface area contributed by atoms with E-state index in [0.717, 1.165) is 17.5 Å². The maximum absolute atomic E-state index is 10.5. The molecule has 19 heavy (non-hydrogen) atoms. The van der Waals surface area contributed by atoms with Gasteiger partial charge in [-0.3, -0.25) is 0 Å². The van der Waals surface area contributed by atoms with Crippen LogP contribution in [0.25, 0.3) is 0 Å². The molecule has 2 aromatic rings. The molecule has 0 aliphatic heterocycles. The molecule has 0 fully saturated rings. The molecule has 0 aromatic heterocycles. The van der Waals surface area contributed by atoms with Crippen LogP contribution in [0.2, 0.25) is 0 Å². The summed E-state index contributed by atoms with van der Waals surface area (Å²) < 4.78 is 0. The van der Waals surface area contributed by atoms with Gasteiger partial charge in [0.15, 0.2) is 0 Å². The van der Waals surface area contributed by atoms with Gasteiger partial charge < -0.3 is 5.11 Å². The first-order valence-electron chi connectivity index (χ1n) is 6.71. The van der Waals surface area contributed by atoms with Crippen LogP contribution in [0.15, 0.2) is 47.4 Å². The number of fused-ring (bicyclic) bond motifs is 1. The molecule has 1 N–H and O–H groups in total. The van der Waals surface area contributed by atoms with Crippen molar-refractivity contribution in [3.63, 3.8) is 0 Å². The molecule has 0 saturated heterocycles. The summed E-state index contributed by atoms with van der Waals surface area (Å²) in [6.45, 7) is 0. The van der Waals surface area contributed by atoms with E-state index in [1.165, 1.54) is 28.9 Å². The first-order valence-corrected chi connectivity index (χ1v) is 7.94. The minimum Gasteiger partial charge on any atom is -0.384 e. The lowest BCUT2D eigenvalue weighted by atomic mass is 9.98. The molecule has 2 aromatic carbocycles. The summed E-state index contributed by atoms with van der Waals surface area (Å²) in [5, 5.41) is 10.5. The molecule has 1 nitrogen and oxygen atoms in total. The monoisotopic (exact) mass is 270 g/mol. The third-order valence-electron chi connectivity index (χ3n) is 3.87. The van der Waals surface area contributed by atoms with E-state index >= 15 is 0 Å². The second-order valence-corrected chi connectivity index (χ2v) is 5.94. The number of hydrogen-bond acceptors (Lipinski definition) is 2. The van der Waals surface area contributed by atoms with Crippen molar-refractivity contribution in [1.82, 2.24) is 0 Å². The lowest BCUT2D eigenvalue weighted by Gasteiger charge is -2.13. The van der Waals surface area contributed by atoms with Crippen LogP contribution in [0.5, 0.6) is 0 Å². The third kappa shape index (κ3) is 2.56. The van der Waals surface area contributed by atoms with Gasteiger partial charge >= 0.3 is 0 Å². The Balaban J connectivity index is 1.88. The summed E-state index contributed by atoms with van der Waals surface area (Å²) in [5.74, 6) is 0. The van der Waals surface area contributed by atoms with Crippen molar-refractivity contribution in [1.29, 1.82) is 0 Å². The molecule has 1 unspecified atom stereocenters. The van der Waals surface area contributed by atoms with Gasteiger partial charge in [0.05, 0.1) is 0 Å². The van der Waals surface area contributed by atoms with E-state index in [9.17, 15) is 5.11 Å². The molecule has 0 heterocycles. The summed E-state index contributed by atoms with van der Waals surface area (Å²) in [4.78, 5) is 1.23. The molecule has 1 aliphatic carbocycles. The maximum Gasteiger partial charge on any atom is 0.104 e. The van der Waals surface area contributed by atoms with Gasteiger partial charge in [0.1, 0.15) is 6.10 Å². The normalized spacial score (nSPS) is 15.3. The van der Waals surface area contributed by atoms with Crippen LogP contribution in [0, 0.1) is 0 Å². The summed E-state index contributed by atoms with van der Waals surface area (Å²) in [7, 11) is 0. The topological polar surface area (TPSA) is 20.2 Å². The summed E-state index contributed by atoms with van der Waals surface area (Å²) in [6.07, 6.45) is 5.14. The SMILES string of the molecule is CSc1ccc(C(O)c2ccc3c(c2)CCC3)cc1. The second kappa shape index (κ2) is 5.40. The zero-order valence-electron chi connectivity index (χ0n) is 11.1. The van der Waals surface area contributed by atoms with Crippen molar-refractivity contribution in [3.05, 3.63) is 64.7 Å². The van der Waals surface area contributed by atoms with E-state index in [0.29, 0.717) is 0 Å². The number of aryl methyl sites for hydroxylation is 2. The van der Waals surface area contributed by atoms with Gasteiger partial charge in [-0.1, -0.05) is 30.3 Å². The molecular weight excluding hydrogens is 252 g/mol. The summed E-state index contributed by atoms with van der Waals surface area (Å²) in [5.41, 5.74) is 4.85. The van der Waals surface area contributed by atoms with Crippen molar-refractivity contribution >= 4 is 11.8 Å². The van der Waals surface area contributed by atoms with E-state index in [2.05, 4.69) is 36.6 Å². The molecule has 0 bridgehead atoms. The van der Waals surface area contributed by atoms with Gasteiger partial charge in [-0.05, 0) is 59.9 Å². The van der Waals surface area contributed by atoms with E-state index in [4.69, 9.17) is 0 Å². The molecule has 0 radical (unpaired) electrons. The van der Waals surface area contributed by atoms with E-state index < -0.39 is 6.10 Å². The fourth-order valence-corrected chi connectivity index (χ4v) is 3.15. The molecule has 98 valence electrons. The van der Waals surface area contributed by atoms with Crippen LogP contribution < -0.4 is 0 Å². The smallest absolute Gasteiger partial charge is 0.104 e. The lowest BCUT2D eigenvalue weighted by Crippen LogP contribution is -2.00. The van der Waals surface area contributed by atoms with Crippen molar-refractivity contribution in [3.8, 4) is 0 Å². The first kappa shape index (κ1) is 12.8. The molecule has 3 rings (SSSR count). The fraction of sp³-hybridized carbons (Fsp3) is 0.294. The van der Waals surface area contributed by atoms with Crippen molar-refractivity contribution < 1.29 is 5.11 Å². The predicted molar refractivity (Wildman–Crippen MR) is 80.8 cm³/mol. The van der Waals surface area contributed by atoms with Gasteiger partial charge in [-0.2, -0.15) is 0 Å². The van der Waals surface area contributed by atoms with Gasteiger partial charge in [0.25, 0.3) is 0 Å². The number of aliphatic hydroxyl groups is 1. The molecule has 1 atom stereocenters. The molecule has 0 amide bonds. The number of aliphatic hydroxyl groups excluding tert-OH is 1. The van der Waals surface area contributed by atoms with Crippen LogP contribution in [-0.4, -0.2) is 11.4 Å². The Kier molecular flexibility index (Phi) is 3.63. The molecule has 2 heteroatoms. The Bertz CT molecular complexity index is 574. The Morgan fingerprint density at radius 2 is 1.63 bits per heavy atom. The largest absolute Gasteiger partial charge is 0.384 e. The summed E-state index contributed by atoms with van der Waals surface area (Å²) >= 11 is 1.72. The molecular formula is C17H18OS. The van der Waals surface area contributed by atoms with Crippen LogP contribution in [0.3, 0.4) is 0 Å². The number of thioether (sulfide) groups is 1. The van der Waals surface area contributed by atoms with Crippen LogP contribution in [0.4, 0.5) is 0 Å². The fourth-order valence-electron chi connectivity index (χ4n) is 2.74. The quantitative estimate of drug-likeness (QED) is 0.851. The van der Waals surface area contributed by atoms with Crippen LogP contribution in [0.1, 0.15) is 34.8 Å². The Hall–Kier alpha value is -1.25. The molecule has 0 spiro atoms. The number of hydrogen-bond donors (Lipinski definition) is 1. The average molecular weight is 270 g/mol. The predicted octanol–water partition coefficient (Wildman–Crippen LogP) is 3.98. The molecule has 1 aliphatic rings. The Morgan fingerprint density at radius 3 is 2.37 bits per heavy atom. The van der Waals surface area contributed by atoms with Gasteiger partial charge in [-0.25, -0.2) is 0 Å². The molecule has 0 saturated carbocycles. The summed E-state index contributed by atoms with van der Waals surface area (Å²) in [6, 6.07) is 14.6. The second-order valence-electron chi connectivity index (χ2n) is 5.06. The van der Waals surface area contributed by atoms with Gasteiger partial charge in [-0.15, -0.1) is 11.8 Å². The van der Waals surface area contributed by atoms with Crippen molar-refractivity contribution in [2.24, 2.45) is 0 Å². The average Bonchev–Trinajstić information content (AvgIpc) is 2.94. The highest BCUT2D eigenvalue weighted by atomic mass is 32.2. The highest BCUT2D eigenvalue weighted by molar-refractivity contribution is 7.98. The zero-order chi connectivity index (χ0) is 13.2. The Labute approximate surface area is 118 Å². The standard InChI is InChI=1S/C17H18OS/c1-19-16-9-7-13(8-10-16)17(18)15-6-5-12-3-2-4-14(12)11-15/h5-11,17-18H,2-4H2,1H3. The van der Waals surface area contributed by atoms with Gasteiger partial charge in [0.2, 0.25) is 0 Å². The van der Waals surface area contributed by atoms with E-state index in [1.807, 2.05) is 12.1 Å². The number of rotatable bonds is 3. The highest BCUT2D eigenvalue weighted by Gasteiger charge is 2.15. The zero-order valence-corrected chi connectivity index (χ0v) is 11.9. The highest BCUT2D eigenvalue weighted by Crippen LogP contribution is 2.29. The van der Waals surface area contributed by atoms with E-state index in [1.54, 1.807) is 11.8 Å². The van der Waals surface area contributed by atoms with E-state index in [-0.39, 0.29) is 0 Å². The van der Waals surface area contributed by atoms with Crippen LogP contribution in [-0.2, 0) is 12.8 Å². The minimum atomic E-state index is -0.512. The maximum atomic E-state index is 10.5. The van der Waals surface area contributed by atoms with Crippen molar-refractivity contribution in [2.75, 3.05) is 6.26 Å². The van der Waals surface area contributed by atoms with Gasteiger partial charge in [0, 0.05) is 4.90 Å². The van der Waals surface area contributed by atoms with Crippen molar-refractivity contribution in [2.45, 2.75) is 30.3 Å². The lowest BCUT2D eigenvalue weighted by molar-refractivity contribution is 0.220. The van der Waals surface area contributed by atoms with Crippen LogP contribution >= 0.6 is 11.8 Å². The third-order valence-corrected chi connectivity index (χ3v) is 4.61. The Morgan fingerprint density at radius 1 is 0.947 bits per heavy atom. The number of benzene rings is 2. The first-order chi connectivity index (χ1) is 9.28.